The molecule has 0 radical (unpaired) electrons. The predicted octanol–water partition coefficient (Wildman–Crippen LogP) is -0.842. The summed E-state index contributed by atoms with van der Waals surface area (Å²) < 4.78 is 9.15. The van der Waals surface area contributed by atoms with E-state index in [2.05, 4.69) is 9.47 Å². The van der Waals surface area contributed by atoms with Crippen molar-refractivity contribution in [3.05, 3.63) is 0 Å². The molecule has 0 aromatic heterocycles. The molecule has 6 nitrogen and oxygen atoms in total. The van der Waals surface area contributed by atoms with E-state index >= 15 is 0 Å². The Hall–Kier alpha value is -1.14. The number of carbonyl (C=O) groups excluding carboxylic acids is 2. The van der Waals surface area contributed by atoms with E-state index in [-0.39, 0.29) is 18.4 Å². The van der Waals surface area contributed by atoms with Crippen LogP contribution in [0.15, 0.2) is 0 Å². The van der Waals surface area contributed by atoms with Crippen LogP contribution in [0.4, 0.5) is 0 Å². The first kappa shape index (κ1) is 12.9. The molecular formula is C10H17NO5. The van der Waals surface area contributed by atoms with E-state index in [1.165, 1.54) is 14.2 Å². The average molecular weight is 231 g/mol. The lowest BCUT2D eigenvalue weighted by Gasteiger charge is -2.21. The Morgan fingerprint density at radius 3 is 2.62 bits per heavy atom. The number of methoxy groups -OCH3 is 2. The third-order valence-corrected chi connectivity index (χ3v) is 2.69. The van der Waals surface area contributed by atoms with Crippen molar-refractivity contribution in [1.29, 1.82) is 0 Å². The molecule has 1 aliphatic rings. The number of aliphatic hydroxyl groups excluding tert-OH is 1. The smallest absolute Gasteiger partial charge is 0.323 e. The van der Waals surface area contributed by atoms with Gasteiger partial charge in [-0.05, 0) is 0 Å². The molecule has 1 aliphatic heterocycles. The molecule has 16 heavy (non-hydrogen) atoms. The third-order valence-electron chi connectivity index (χ3n) is 2.69. The molecule has 0 aromatic carbocycles. The van der Waals surface area contributed by atoms with Crippen LogP contribution < -0.4 is 0 Å². The quantitative estimate of drug-likeness (QED) is 0.636. The molecule has 0 amide bonds. The number of nitrogens with zero attached hydrogens (tertiary/aromatic N) is 1. The van der Waals surface area contributed by atoms with E-state index in [9.17, 15) is 14.7 Å². The van der Waals surface area contributed by atoms with Crippen LogP contribution in [-0.4, -0.2) is 61.4 Å². The van der Waals surface area contributed by atoms with Crippen LogP contribution in [0.5, 0.6) is 0 Å². The monoisotopic (exact) mass is 231 g/mol. The molecule has 1 rings (SSSR count). The van der Waals surface area contributed by atoms with Gasteiger partial charge in [-0.2, -0.15) is 0 Å². The fourth-order valence-electron chi connectivity index (χ4n) is 1.84. The van der Waals surface area contributed by atoms with Crippen LogP contribution in [0.2, 0.25) is 0 Å². The summed E-state index contributed by atoms with van der Waals surface area (Å²) in [6.45, 7) is 0.778. The van der Waals surface area contributed by atoms with Gasteiger partial charge in [-0.15, -0.1) is 0 Å². The fourth-order valence-corrected chi connectivity index (χ4v) is 1.84. The second kappa shape index (κ2) is 5.81. The van der Waals surface area contributed by atoms with Gasteiger partial charge in [0.2, 0.25) is 0 Å². The highest BCUT2D eigenvalue weighted by molar-refractivity contribution is 5.76. The van der Waals surface area contributed by atoms with Gasteiger partial charge >= 0.3 is 11.9 Å². The van der Waals surface area contributed by atoms with Gasteiger partial charge in [-0.3, -0.25) is 14.5 Å². The molecule has 1 saturated heterocycles. The van der Waals surface area contributed by atoms with Crippen LogP contribution >= 0.6 is 0 Å². The van der Waals surface area contributed by atoms with Crippen molar-refractivity contribution in [2.45, 2.75) is 25.0 Å². The highest BCUT2D eigenvalue weighted by Gasteiger charge is 2.36. The maximum absolute atomic E-state index is 11.4. The first-order valence-electron chi connectivity index (χ1n) is 5.15. The van der Waals surface area contributed by atoms with Gasteiger partial charge in [0.1, 0.15) is 6.04 Å². The molecule has 6 heteroatoms. The Morgan fingerprint density at radius 2 is 2.06 bits per heavy atom. The standard InChI is InChI=1S/C10H17NO5/c1-15-9(13)3-4-11-6-7(12)5-8(11)10(14)16-2/h7-8,12H,3-6H2,1-2H3. The Kier molecular flexibility index (Phi) is 4.70. The number of ether oxygens (including phenoxy) is 2. The lowest BCUT2D eigenvalue weighted by molar-refractivity contribution is -0.147. The van der Waals surface area contributed by atoms with Crippen molar-refractivity contribution in [2.24, 2.45) is 0 Å². The minimum Gasteiger partial charge on any atom is -0.469 e. The summed E-state index contributed by atoms with van der Waals surface area (Å²) in [5.41, 5.74) is 0. The highest BCUT2D eigenvalue weighted by atomic mass is 16.5. The van der Waals surface area contributed by atoms with Gasteiger partial charge in [0.25, 0.3) is 0 Å². The summed E-state index contributed by atoms with van der Waals surface area (Å²) in [7, 11) is 2.63. The molecule has 0 saturated carbocycles. The van der Waals surface area contributed by atoms with Crippen LogP contribution in [-0.2, 0) is 19.1 Å². The summed E-state index contributed by atoms with van der Waals surface area (Å²) in [4.78, 5) is 24.1. The van der Waals surface area contributed by atoms with Gasteiger partial charge in [0, 0.05) is 19.5 Å². The lowest BCUT2D eigenvalue weighted by atomic mass is 10.2. The Bertz CT molecular complexity index is 268. The van der Waals surface area contributed by atoms with Crippen LogP contribution in [0.3, 0.4) is 0 Å². The van der Waals surface area contributed by atoms with Crippen molar-refractivity contribution in [3.8, 4) is 0 Å². The fraction of sp³-hybridized carbons (Fsp3) is 0.800. The molecule has 2 atom stereocenters. The normalized spacial score (nSPS) is 25.4. The molecule has 1 fully saturated rings. The number of rotatable bonds is 4. The van der Waals surface area contributed by atoms with E-state index in [0.717, 1.165) is 0 Å². The van der Waals surface area contributed by atoms with Crippen molar-refractivity contribution < 1.29 is 24.2 Å². The molecule has 0 spiro atoms. The average Bonchev–Trinajstić information content (AvgIpc) is 2.66. The molecule has 0 bridgehead atoms. The third kappa shape index (κ3) is 3.18. The summed E-state index contributed by atoms with van der Waals surface area (Å²) in [5, 5.41) is 9.47. The first-order valence-corrected chi connectivity index (χ1v) is 5.15. The zero-order valence-electron chi connectivity index (χ0n) is 9.51. The van der Waals surface area contributed by atoms with E-state index in [1.807, 2.05) is 0 Å². The van der Waals surface area contributed by atoms with E-state index < -0.39 is 12.1 Å². The van der Waals surface area contributed by atoms with Crippen LogP contribution in [0.1, 0.15) is 12.8 Å². The van der Waals surface area contributed by atoms with Crippen molar-refractivity contribution in [2.75, 3.05) is 27.3 Å². The minimum absolute atomic E-state index is 0.205. The molecule has 2 unspecified atom stereocenters. The number of carbonyl (C=O) groups is 2. The second-order valence-corrected chi connectivity index (χ2v) is 3.75. The SMILES string of the molecule is COC(=O)CCN1CC(O)CC1C(=O)OC. The van der Waals surface area contributed by atoms with Gasteiger partial charge < -0.3 is 14.6 Å². The molecule has 0 aliphatic carbocycles. The maximum atomic E-state index is 11.4. The molecule has 1 heterocycles. The lowest BCUT2D eigenvalue weighted by Crippen LogP contribution is -2.38. The summed E-state index contributed by atoms with van der Waals surface area (Å²) in [6, 6.07) is -0.454. The molecule has 0 aromatic rings. The number of hydrogen-bond acceptors (Lipinski definition) is 6. The molecule has 1 N–H and O–H groups in total. The van der Waals surface area contributed by atoms with Crippen LogP contribution in [0, 0.1) is 0 Å². The summed E-state index contributed by atoms with van der Waals surface area (Å²) in [5.74, 6) is -0.702. The number of esters is 2. The van der Waals surface area contributed by atoms with Gasteiger partial charge in [-0.25, -0.2) is 0 Å². The Morgan fingerprint density at radius 1 is 1.38 bits per heavy atom. The van der Waals surface area contributed by atoms with E-state index in [0.29, 0.717) is 19.5 Å². The number of likely N-dealkylation sites (tertiary alicyclic amines) is 1. The summed E-state index contributed by atoms with van der Waals surface area (Å²) in [6.07, 6.45) is 0.0200. The van der Waals surface area contributed by atoms with Gasteiger partial charge in [0.15, 0.2) is 0 Å². The minimum atomic E-state index is -0.540. The van der Waals surface area contributed by atoms with Gasteiger partial charge in [-0.1, -0.05) is 0 Å². The van der Waals surface area contributed by atoms with Crippen molar-refractivity contribution in [1.82, 2.24) is 4.90 Å². The molecule has 92 valence electrons. The highest BCUT2D eigenvalue weighted by Crippen LogP contribution is 2.19. The van der Waals surface area contributed by atoms with Crippen molar-refractivity contribution >= 4 is 11.9 Å². The Labute approximate surface area is 94.1 Å². The van der Waals surface area contributed by atoms with E-state index in [4.69, 9.17) is 0 Å². The zero-order chi connectivity index (χ0) is 12.1. The van der Waals surface area contributed by atoms with Crippen LogP contribution in [0.25, 0.3) is 0 Å². The topological polar surface area (TPSA) is 76.1 Å². The Balaban J connectivity index is 2.49. The number of aliphatic hydroxyl groups is 1. The maximum Gasteiger partial charge on any atom is 0.323 e. The van der Waals surface area contributed by atoms with Gasteiger partial charge in [0.05, 0.1) is 26.7 Å². The first-order chi connectivity index (χ1) is 7.58. The predicted molar refractivity (Wildman–Crippen MR) is 54.6 cm³/mol. The van der Waals surface area contributed by atoms with E-state index in [1.54, 1.807) is 4.90 Å². The number of hydrogen-bond donors (Lipinski definition) is 1. The van der Waals surface area contributed by atoms with Crippen molar-refractivity contribution in [3.63, 3.8) is 0 Å². The second-order valence-electron chi connectivity index (χ2n) is 3.75. The molecular weight excluding hydrogens is 214 g/mol. The summed E-state index contributed by atoms with van der Waals surface area (Å²) >= 11 is 0. The zero-order valence-corrected chi connectivity index (χ0v) is 9.51. The number of β-amino-alcohol motifs (C(OH)–C–C–N with tert-alkyl or cyclic N) is 1. The largest absolute Gasteiger partial charge is 0.469 e.